The number of aromatic hydroxyl groups is 1. The van der Waals surface area contributed by atoms with Gasteiger partial charge < -0.3 is 19.9 Å². The van der Waals surface area contributed by atoms with E-state index < -0.39 is 6.36 Å². The van der Waals surface area contributed by atoms with E-state index in [1.807, 2.05) is 0 Å². The third kappa shape index (κ3) is 5.66. The molecule has 0 amide bonds. The molecular weight excluding hydrogens is 349 g/mol. The summed E-state index contributed by atoms with van der Waals surface area (Å²) < 4.78 is 46.0. The molecule has 0 aliphatic carbocycles. The molecule has 0 atom stereocenters. The zero-order valence-electron chi connectivity index (χ0n) is 14.1. The quantitative estimate of drug-likeness (QED) is 0.394. The van der Waals surface area contributed by atoms with E-state index in [9.17, 15) is 18.3 Å². The molecule has 0 bridgehead atoms. The van der Waals surface area contributed by atoms with Gasteiger partial charge in [-0.3, -0.25) is 5.41 Å². The topological polar surface area (TPSA) is 74.6 Å². The first-order chi connectivity index (χ1) is 12.3. The van der Waals surface area contributed by atoms with Crippen molar-refractivity contribution in [2.24, 2.45) is 0 Å². The first-order valence-corrected chi connectivity index (χ1v) is 7.81. The number of halogens is 3. The molecule has 2 aromatic rings. The summed E-state index contributed by atoms with van der Waals surface area (Å²) in [6.45, 7) is 1.03. The predicted octanol–water partition coefficient (Wildman–Crippen LogP) is 3.91. The Balaban J connectivity index is 2.21. The molecular formula is C18H19F3N2O3. The fraction of sp³-hybridized carbons (Fsp3) is 0.278. The fourth-order valence-corrected chi connectivity index (χ4v) is 2.31. The fourth-order valence-electron chi connectivity index (χ4n) is 2.31. The van der Waals surface area contributed by atoms with Gasteiger partial charge in [-0.25, -0.2) is 0 Å². The highest BCUT2D eigenvalue weighted by atomic mass is 19.4. The molecule has 2 rings (SSSR count). The van der Waals surface area contributed by atoms with Crippen molar-refractivity contribution in [2.75, 3.05) is 20.3 Å². The molecule has 0 radical (unpaired) electrons. The van der Waals surface area contributed by atoms with Crippen molar-refractivity contribution in [1.29, 1.82) is 5.41 Å². The summed E-state index contributed by atoms with van der Waals surface area (Å²) in [4.78, 5) is 0. The van der Waals surface area contributed by atoms with Crippen molar-refractivity contribution in [3.8, 4) is 22.6 Å². The summed E-state index contributed by atoms with van der Waals surface area (Å²) >= 11 is 0. The second-order valence-corrected chi connectivity index (χ2v) is 5.46. The lowest BCUT2D eigenvalue weighted by molar-refractivity contribution is -0.274. The van der Waals surface area contributed by atoms with E-state index in [1.54, 1.807) is 19.2 Å². The maximum atomic E-state index is 12.4. The van der Waals surface area contributed by atoms with Gasteiger partial charge in [0, 0.05) is 20.3 Å². The second kappa shape index (κ2) is 8.57. The Morgan fingerprint density at radius 1 is 1.15 bits per heavy atom. The molecule has 0 aliphatic heterocycles. The van der Waals surface area contributed by atoms with E-state index in [0.717, 1.165) is 0 Å². The van der Waals surface area contributed by atoms with Gasteiger partial charge in [0.15, 0.2) is 0 Å². The highest BCUT2D eigenvalue weighted by molar-refractivity contribution is 6.00. The zero-order chi connectivity index (χ0) is 19.2. The van der Waals surface area contributed by atoms with E-state index in [-0.39, 0.29) is 22.9 Å². The number of methoxy groups -OCH3 is 1. The van der Waals surface area contributed by atoms with Gasteiger partial charge in [0.1, 0.15) is 17.3 Å². The van der Waals surface area contributed by atoms with E-state index >= 15 is 0 Å². The summed E-state index contributed by atoms with van der Waals surface area (Å²) in [5.74, 6) is -0.416. The van der Waals surface area contributed by atoms with Gasteiger partial charge in [0.05, 0.1) is 5.56 Å². The molecule has 0 saturated carbocycles. The van der Waals surface area contributed by atoms with Crippen LogP contribution in [0.15, 0.2) is 42.5 Å². The zero-order valence-corrected chi connectivity index (χ0v) is 14.1. The van der Waals surface area contributed by atoms with Crippen LogP contribution in [0.5, 0.6) is 11.5 Å². The molecule has 3 N–H and O–H groups in total. The summed E-state index contributed by atoms with van der Waals surface area (Å²) in [6, 6.07) is 10.0. The van der Waals surface area contributed by atoms with Crippen molar-refractivity contribution in [1.82, 2.24) is 5.32 Å². The molecule has 140 valence electrons. The molecule has 0 heterocycles. The van der Waals surface area contributed by atoms with Crippen LogP contribution in [0, 0.1) is 5.41 Å². The van der Waals surface area contributed by atoms with Crippen molar-refractivity contribution >= 4 is 5.84 Å². The van der Waals surface area contributed by atoms with Crippen molar-refractivity contribution in [2.45, 2.75) is 12.8 Å². The summed E-state index contributed by atoms with van der Waals surface area (Å²) in [5, 5.41) is 20.9. The van der Waals surface area contributed by atoms with Crippen LogP contribution >= 0.6 is 0 Å². The van der Waals surface area contributed by atoms with Crippen LogP contribution in [0.1, 0.15) is 12.0 Å². The molecule has 0 aromatic heterocycles. The number of hydrogen-bond acceptors (Lipinski definition) is 4. The second-order valence-electron chi connectivity index (χ2n) is 5.46. The van der Waals surface area contributed by atoms with Gasteiger partial charge in [-0.1, -0.05) is 18.2 Å². The SMILES string of the molecule is COCCCNC(=N)c1cc(-c2cccc(OC(F)(F)F)c2)ccc1O. The number of phenolic OH excluding ortho intramolecular Hbond substituents is 1. The summed E-state index contributed by atoms with van der Waals surface area (Å²) in [7, 11) is 1.58. The van der Waals surface area contributed by atoms with E-state index in [1.165, 1.54) is 30.3 Å². The van der Waals surface area contributed by atoms with E-state index in [0.29, 0.717) is 30.7 Å². The van der Waals surface area contributed by atoms with Crippen LogP contribution in [0.25, 0.3) is 11.1 Å². The van der Waals surface area contributed by atoms with Crippen LogP contribution in [0.4, 0.5) is 13.2 Å². The van der Waals surface area contributed by atoms with Gasteiger partial charge in [0.2, 0.25) is 0 Å². The molecule has 0 spiro atoms. The molecule has 0 saturated heterocycles. The lowest BCUT2D eigenvalue weighted by atomic mass is 10.0. The molecule has 2 aromatic carbocycles. The first kappa shape index (κ1) is 19.6. The molecule has 0 unspecified atom stereocenters. The number of amidine groups is 1. The summed E-state index contributed by atoms with van der Waals surface area (Å²) in [5.41, 5.74) is 1.27. The van der Waals surface area contributed by atoms with Crippen LogP contribution in [-0.2, 0) is 4.74 Å². The van der Waals surface area contributed by atoms with Crippen molar-refractivity contribution in [3.05, 3.63) is 48.0 Å². The van der Waals surface area contributed by atoms with Gasteiger partial charge in [-0.2, -0.15) is 0 Å². The number of alkyl halides is 3. The van der Waals surface area contributed by atoms with Crippen LogP contribution < -0.4 is 10.1 Å². The molecule has 0 aliphatic rings. The Kier molecular flexibility index (Phi) is 6.46. The Morgan fingerprint density at radius 2 is 1.88 bits per heavy atom. The monoisotopic (exact) mass is 368 g/mol. The smallest absolute Gasteiger partial charge is 0.507 e. The lowest BCUT2D eigenvalue weighted by Crippen LogP contribution is -2.25. The van der Waals surface area contributed by atoms with E-state index in [2.05, 4.69) is 10.1 Å². The average molecular weight is 368 g/mol. The number of benzene rings is 2. The third-order valence-electron chi connectivity index (χ3n) is 3.49. The molecule has 26 heavy (non-hydrogen) atoms. The largest absolute Gasteiger partial charge is 0.573 e. The Bertz CT molecular complexity index is 764. The minimum atomic E-state index is -4.77. The highest BCUT2D eigenvalue weighted by Gasteiger charge is 2.31. The minimum absolute atomic E-state index is 0.0168. The minimum Gasteiger partial charge on any atom is -0.507 e. The van der Waals surface area contributed by atoms with E-state index in [4.69, 9.17) is 10.1 Å². The Morgan fingerprint density at radius 3 is 2.58 bits per heavy atom. The molecule has 5 nitrogen and oxygen atoms in total. The lowest BCUT2D eigenvalue weighted by Gasteiger charge is -2.13. The van der Waals surface area contributed by atoms with Gasteiger partial charge >= 0.3 is 6.36 Å². The number of nitrogens with one attached hydrogen (secondary N) is 2. The third-order valence-corrected chi connectivity index (χ3v) is 3.49. The Labute approximate surface area is 148 Å². The maximum Gasteiger partial charge on any atom is 0.573 e. The number of ether oxygens (including phenoxy) is 2. The van der Waals surface area contributed by atoms with Crippen LogP contribution in [-0.4, -0.2) is 37.6 Å². The molecule has 0 fully saturated rings. The summed E-state index contributed by atoms with van der Waals surface area (Å²) in [6.07, 6.45) is -4.08. The number of hydrogen-bond donors (Lipinski definition) is 3. The maximum absolute atomic E-state index is 12.4. The average Bonchev–Trinajstić information content (AvgIpc) is 2.57. The van der Waals surface area contributed by atoms with Gasteiger partial charge in [0.25, 0.3) is 0 Å². The Hall–Kier alpha value is -2.74. The number of phenols is 1. The van der Waals surface area contributed by atoms with Crippen LogP contribution in [0.3, 0.4) is 0 Å². The molecule has 8 heteroatoms. The standard InChI is InChI=1S/C18H19F3N2O3/c1-25-9-3-8-23-17(22)15-11-13(6-7-16(15)24)12-4-2-5-14(10-12)26-18(19,20)21/h2,4-7,10-11,24H,3,8-9H2,1H3,(H2,22,23). The van der Waals surface area contributed by atoms with Crippen molar-refractivity contribution in [3.63, 3.8) is 0 Å². The number of rotatable bonds is 7. The van der Waals surface area contributed by atoms with Gasteiger partial charge in [-0.15, -0.1) is 13.2 Å². The predicted molar refractivity (Wildman–Crippen MR) is 91.6 cm³/mol. The van der Waals surface area contributed by atoms with Crippen molar-refractivity contribution < 1.29 is 27.8 Å². The van der Waals surface area contributed by atoms with Crippen LogP contribution in [0.2, 0.25) is 0 Å². The first-order valence-electron chi connectivity index (χ1n) is 7.81. The van der Waals surface area contributed by atoms with Gasteiger partial charge in [-0.05, 0) is 41.8 Å². The normalized spacial score (nSPS) is 11.2. The highest BCUT2D eigenvalue weighted by Crippen LogP contribution is 2.30.